The molecule has 0 amide bonds. The van der Waals surface area contributed by atoms with Gasteiger partial charge in [0.2, 0.25) is 0 Å². The van der Waals surface area contributed by atoms with Crippen LogP contribution in [0.4, 0.5) is 0 Å². The zero-order valence-electron chi connectivity index (χ0n) is 10.3. The molecular weight excluding hydrogens is 218 g/mol. The molecule has 0 bridgehead atoms. The van der Waals surface area contributed by atoms with Gasteiger partial charge < -0.3 is 15.2 Å². The predicted octanol–water partition coefficient (Wildman–Crippen LogP) is 0.863. The molecule has 1 atom stereocenters. The Balaban J connectivity index is 1.82. The summed E-state index contributed by atoms with van der Waals surface area (Å²) in [6.45, 7) is 2.97. The fourth-order valence-electron chi connectivity index (χ4n) is 2.07. The van der Waals surface area contributed by atoms with Gasteiger partial charge in [0.1, 0.15) is 0 Å². The van der Waals surface area contributed by atoms with E-state index < -0.39 is 0 Å². The Morgan fingerprint density at radius 3 is 2.94 bits per heavy atom. The average Bonchev–Trinajstić information content (AvgIpc) is 2.78. The number of aromatic nitrogens is 2. The molecule has 1 aromatic heterocycles. The number of hydrogen-bond donors (Lipinski definition) is 1. The molecule has 1 fully saturated rings. The second-order valence-corrected chi connectivity index (χ2v) is 4.56. The first kappa shape index (κ1) is 12.5. The molecule has 2 N–H and O–H groups in total. The Kier molecular flexibility index (Phi) is 4.53. The summed E-state index contributed by atoms with van der Waals surface area (Å²) in [7, 11) is 1.90. The molecule has 96 valence electrons. The van der Waals surface area contributed by atoms with Crippen molar-refractivity contribution >= 4 is 0 Å². The van der Waals surface area contributed by atoms with Gasteiger partial charge in [-0.2, -0.15) is 5.10 Å². The van der Waals surface area contributed by atoms with Crippen molar-refractivity contribution in [2.75, 3.05) is 26.4 Å². The van der Waals surface area contributed by atoms with E-state index in [9.17, 15) is 0 Å². The molecular formula is C12H21N3O2. The van der Waals surface area contributed by atoms with Gasteiger partial charge in [0.15, 0.2) is 0 Å². The Morgan fingerprint density at radius 1 is 1.59 bits per heavy atom. The van der Waals surface area contributed by atoms with Gasteiger partial charge in [-0.05, 0) is 18.8 Å². The van der Waals surface area contributed by atoms with Crippen LogP contribution in [0.15, 0.2) is 12.4 Å². The van der Waals surface area contributed by atoms with Gasteiger partial charge in [0, 0.05) is 38.6 Å². The Morgan fingerprint density at radius 2 is 2.35 bits per heavy atom. The lowest BCUT2D eigenvalue weighted by Crippen LogP contribution is -2.23. The minimum atomic E-state index is -0.0356. The summed E-state index contributed by atoms with van der Waals surface area (Å²) in [5.41, 5.74) is 6.80. The van der Waals surface area contributed by atoms with E-state index >= 15 is 0 Å². The zero-order chi connectivity index (χ0) is 12.1. The molecule has 1 aliphatic heterocycles. The highest BCUT2D eigenvalue weighted by atomic mass is 16.5. The molecule has 0 radical (unpaired) electrons. The maximum Gasteiger partial charge on any atom is 0.0977 e. The van der Waals surface area contributed by atoms with Crippen molar-refractivity contribution in [1.29, 1.82) is 0 Å². The first-order valence-electron chi connectivity index (χ1n) is 6.17. The molecule has 0 saturated carbocycles. The molecule has 1 unspecified atom stereocenters. The van der Waals surface area contributed by atoms with Gasteiger partial charge >= 0.3 is 0 Å². The summed E-state index contributed by atoms with van der Waals surface area (Å²) in [6.07, 6.45) is 5.92. The van der Waals surface area contributed by atoms with Crippen molar-refractivity contribution in [2.24, 2.45) is 18.7 Å². The second-order valence-electron chi connectivity index (χ2n) is 4.56. The van der Waals surface area contributed by atoms with Crippen LogP contribution in [-0.2, 0) is 16.5 Å². The predicted molar refractivity (Wildman–Crippen MR) is 64.5 cm³/mol. The first-order valence-corrected chi connectivity index (χ1v) is 6.17. The van der Waals surface area contributed by atoms with Crippen LogP contribution >= 0.6 is 0 Å². The van der Waals surface area contributed by atoms with E-state index in [1.807, 2.05) is 19.4 Å². The largest absolute Gasteiger partial charge is 0.381 e. The van der Waals surface area contributed by atoms with E-state index in [4.69, 9.17) is 15.2 Å². The van der Waals surface area contributed by atoms with Crippen LogP contribution in [0, 0.1) is 5.92 Å². The second kappa shape index (κ2) is 6.14. The fraction of sp³-hybridized carbons (Fsp3) is 0.750. The minimum absolute atomic E-state index is 0.0356. The fourth-order valence-corrected chi connectivity index (χ4v) is 2.07. The van der Waals surface area contributed by atoms with Crippen LogP contribution in [0.3, 0.4) is 0 Å². The van der Waals surface area contributed by atoms with Gasteiger partial charge in [-0.3, -0.25) is 4.68 Å². The highest BCUT2D eigenvalue weighted by Gasteiger charge is 2.18. The third-order valence-corrected chi connectivity index (χ3v) is 3.18. The van der Waals surface area contributed by atoms with Gasteiger partial charge in [-0.25, -0.2) is 0 Å². The highest BCUT2D eigenvalue weighted by Crippen LogP contribution is 2.20. The SMILES string of the molecule is Cn1cc(C(CN)OCC2CCOCC2)cn1. The Bertz CT molecular complexity index is 334. The molecule has 0 aliphatic carbocycles. The quantitative estimate of drug-likeness (QED) is 0.828. The summed E-state index contributed by atoms with van der Waals surface area (Å²) in [5, 5.41) is 4.14. The molecule has 5 heteroatoms. The maximum absolute atomic E-state index is 5.90. The van der Waals surface area contributed by atoms with Gasteiger partial charge in [-0.1, -0.05) is 0 Å². The van der Waals surface area contributed by atoms with E-state index in [2.05, 4.69) is 5.10 Å². The van der Waals surface area contributed by atoms with E-state index in [1.54, 1.807) is 4.68 Å². The molecule has 0 aromatic carbocycles. The van der Waals surface area contributed by atoms with Crippen molar-refractivity contribution in [2.45, 2.75) is 18.9 Å². The highest BCUT2D eigenvalue weighted by molar-refractivity contribution is 5.08. The van der Waals surface area contributed by atoms with Crippen molar-refractivity contribution in [3.05, 3.63) is 18.0 Å². The third-order valence-electron chi connectivity index (χ3n) is 3.18. The normalized spacial score (nSPS) is 19.4. The molecule has 1 aliphatic rings. The maximum atomic E-state index is 5.90. The number of ether oxygens (including phenoxy) is 2. The van der Waals surface area contributed by atoms with Crippen LogP contribution in [0.5, 0.6) is 0 Å². The monoisotopic (exact) mass is 239 g/mol. The summed E-state index contributed by atoms with van der Waals surface area (Å²) < 4.78 is 13.0. The van der Waals surface area contributed by atoms with Crippen LogP contribution in [0.2, 0.25) is 0 Å². The Hall–Kier alpha value is -0.910. The topological polar surface area (TPSA) is 62.3 Å². The Labute approximate surface area is 102 Å². The van der Waals surface area contributed by atoms with Crippen LogP contribution in [0.1, 0.15) is 24.5 Å². The smallest absolute Gasteiger partial charge is 0.0977 e. The standard InChI is InChI=1S/C12H21N3O2/c1-15-8-11(7-14-15)12(6-13)17-9-10-2-4-16-5-3-10/h7-8,10,12H,2-6,9,13H2,1H3. The van der Waals surface area contributed by atoms with E-state index in [-0.39, 0.29) is 6.10 Å². The van der Waals surface area contributed by atoms with E-state index in [0.29, 0.717) is 12.5 Å². The number of nitrogens with zero attached hydrogens (tertiary/aromatic N) is 2. The lowest BCUT2D eigenvalue weighted by Gasteiger charge is -2.24. The number of aryl methyl sites for hydroxylation is 1. The van der Waals surface area contributed by atoms with Crippen LogP contribution in [-0.4, -0.2) is 36.1 Å². The summed E-state index contributed by atoms with van der Waals surface area (Å²) in [4.78, 5) is 0. The summed E-state index contributed by atoms with van der Waals surface area (Å²) in [5.74, 6) is 0.606. The molecule has 0 spiro atoms. The zero-order valence-corrected chi connectivity index (χ0v) is 10.3. The lowest BCUT2D eigenvalue weighted by atomic mass is 10.0. The number of nitrogens with two attached hydrogens (primary N) is 1. The summed E-state index contributed by atoms with van der Waals surface area (Å²) in [6, 6.07) is 0. The van der Waals surface area contributed by atoms with Crippen molar-refractivity contribution in [3.63, 3.8) is 0 Å². The molecule has 1 aromatic rings. The molecule has 2 heterocycles. The minimum Gasteiger partial charge on any atom is -0.381 e. The molecule has 1 saturated heterocycles. The van der Waals surface area contributed by atoms with Crippen molar-refractivity contribution in [1.82, 2.24) is 9.78 Å². The average molecular weight is 239 g/mol. The lowest BCUT2D eigenvalue weighted by molar-refractivity contribution is -0.00874. The van der Waals surface area contributed by atoms with Crippen LogP contribution < -0.4 is 5.73 Å². The van der Waals surface area contributed by atoms with Gasteiger partial charge in [0.25, 0.3) is 0 Å². The van der Waals surface area contributed by atoms with E-state index in [1.165, 1.54) is 0 Å². The third kappa shape index (κ3) is 3.52. The number of rotatable bonds is 5. The van der Waals surface area contributed by atoms with E-state index in [0.717, 1.165) is 38.2 Å². The molecule has 2 rings (SSSR count). The van der Waals surface area contributed by atoms with Crippen molar-refractivity contribution < 1.29 is 9.47 Å². The molecule has 17 heavy (non-hydrogen) atoms. The van der Waals surface area contributed by atoms with Crippen LogP contribution in [0.25, 0.3) is 0 Å². The van der Waals surface area contributed by atoms with Gasteiger partial charge in [-0.15, -0.1) is 0 Å². The summed E-state index contributed by atoms with van der Waals surface area (Å²) >= 11 is 0. The van der Waals surface area contributed by atoms with Gasteiger partial charge in [0.05, 0.1) is 18.9 Å². The first-order chi connectivity index (χ1) is 8.29. The number of hydrogen-bond acceptors (Lipinski definition) is 4. The molecule has 5 nitrogen and oxygen atoms in total. The van der Waals surface area contributed by atoms with Crippen molar-refractivity contribution in [3.8, 4) is 0 Å².